The van der Waals surface area contributed by atoms with Gasteiger partial charge in [0.05, 0.1) is 5.75 Å². The number of hydrogen-bond donors (Lipinski definition) is 2. The summed E-state index contributed by atoms with van der Waals surface area (Å²) in [7, 11) is 0. The Kier molecular flexibility index (Phi) is 7.20. The molecule has 0 saturated heterocycles. The van der Waals surface area contributed by atoms with Crippen LogP contribution in [0, 0.1) is 6.92 Å². The minimum Gasteiger partial charge on any atom is -0.306 e. The lowest BCUT2D eigenvalue weighted by molar-refractivity contribution is -0.119. The maximum absolute atomic E-state index is 12.0. The first-order valence-corrected chi connectivity index (χ1v) is 9.62. The Balaban J connectivity index is 1.87. The first-order chi connectivity index (χ1) is 12.4. The van der Waals surface area contributed by atoms with E-state index in [1.165, 1.54) is 11.8 Å². The standard InChI is InChI=1S/C18H25N5O2S/c1-5-10-23-16(12(2)3)20-22-18(23)26-11-15(24)19-21-17(25)14-8-6-13(4)7-9-14/h6-9,12H,5,10-11H2,1-4H3,(H,19,24)(H,21,25). The van der Waals surface area contributed by atoms with E-state index < -0.39 is 0 Å². The van der Waals surface area contributed by atoms with Gasteiger partial charge in [-0.05, 0) is 25.5 Å². The van der Waals surface area contributed by atoms with Gasteiger partial charge in [-0.25, -0.2) is 0 Å². The van der Waals surface area contributed by atoms with Crippen LogP contribution in [0.3, 0.4) is 0 Å². The van der Waals surface area contributed by atoms with Gasteiger partial charge in [-0.3, -0.25) is 20.4 Å². The summed E-state index contributed by atoms with van der Waals surface area (Å²) in [5.74, 6) is 0.689. The number of hydrazine groups is 1. The molecular formula is C18H25N5O2S. The first kappa shape index (κ1) is 20.0. The van der Waals surface area contributed by atoms with Crippen molar-refractivity contribution >= 4 is 23.6 Å². The molecule has 0 aliphatic carbocycles. The van der Waals surface area contributed by atoms with Crippen molar-refractivity contribution in [3.63, 3.8) is 0 Å². The molecule has 2 N–H and O–H groups in total. The van der Waals surface area contributed by atoms with Gasteiger partial charge in [0.2, 0.25) is 5.91 Å². The Hall–Kier alpha value is -2.35. The highest BCUT2D eigenvalue weighted by Crippen LogP contribution is 2.21. The maximum Gasteiger partial charge on any atom is 0.269 e. The van der Waals surface area contributed by atoms with Gasteiger partial charge in [0.25, 0.3) is 5.91 Å². The lowest BCUT2D eigenvalue weighted by atomic mass is 10.1. The predicted octanol–water partition coefficient (Wildman–Crippen LogP) is 2.67. The van der Waals surface area contributed by atoms with Gasteiger partial charge in [0.15, 0.2) is 5.16 Å². The zero-order chi connectivity index (χ0) is 19.1. The van der Waals surface area contributed by atoms with Crippen molar-refractivity contribution in [3.05, 3.63) is 41.2 Å². The van der Waals surface area contributed by atoms with Crippen LogP contribution in [0.1, 0.15) is 54.9 Å². The molecule has 7 nitrogen and oxygen atoms in total. The molecular weight excluding hydrogens is 350 g/mol. The number of carbonyl (C=O) groups is 2. The van der Waals surface area contributed by atoms with Crippen molar-refractivity contribution in [1.29, 1.82) is 0 Å². The molecule has 0 bridgehead atoms. The lowest BCUT2D eigenvalue weighted by Crippen LogP contribution is -2.42. The lowest BCUT2D eigenvalue weighted by Gasteiger charge is -2.11. The van der Waals surface area contributed by atoms with Crippen LogP contribution in [0.5, 0.6) is 0 Å². The Morgan fingerprint density at radius 2 is 1.85 bits per heavy atom. The predicted molar refractivity (Wildman–Crippen MR) is 102 cm³/mol. The molecule has 140 valence electrons. The second-order valence-electron chi connectivity index (χ2n) is 6.30. The molecule has 0 fully saturated rings. The number of nitrogens with one attached hydrogen (secondary N) is 2. The second kappa shape index (κ2) is 9.38. The van der Waals surface area contributed by atoms with Crippen molar-refractivity contribution in [2.45, 2.75) is 51.7 Å². The van der Waals surface area contributed by atoms with Crippen LogP contribution in [0.2, 0.25) is 0 Å². The van der Waals surface area contributed by atoms with Gasteiger partial charge < -0.3 is 4.57 Å². The minimum atomic E-state index is -0.348. The highest BCUT2D eigenvalue weighted by molar-refractivity contribution is 7.99. The number of aryl methyl sites for hydroxylation is 1. The van der Waals surface area contributed by atoms with E-state index in [1.54, 1.807) is 12.1 Å². The molecule has 0 unspecified atom stereocenters. The van der Waals surface area contributed by atoms with E-state index in [9.17, 15) is 9.59 Å². The third kappa shape index (κ3) is 5.32. The number of rotatable bonds is 7. The van der Waals surface area contributed by atoms with Crippen LogP contribution >= 0.6 is 11.8 Å². The molecule has 0 spiro atoms. The zero-order valence-electron chi connectivity index (χ0n) is 15.6. The summed E-state index contributed by atoms with van der Waals surface area (Å²) in [4.78, 5) is 24.0. The van der Waals surface area contributed by atoms with Crippen molar-refractivity contribution in [2.24, 2.45) is 0 Å². The molecule has 1 heterocycles. The number of amides is 2. The summed E-state index contributed by atoms with van der Waals surface area (Å²) in [6, 6.07) is 7.12. The van der Waals surface area contributed by atoms with Crippen LogP contribution in [-0.4, -0.2) is 32.3 Å². The van der Waals surface area contributed by atoms with Gasteiger partial charge in [-0.2, -0.15) is 0 Å². The SMILES string of the molecule is CCCn1c(SCC(=O)NNC(=O)c2ccc(C)cc2)nnc1C(C)C. The minimum absolute atomic E-state index is 0.147. The average molecular weight is 375 g/mol. The Bertz CT molecular complexity index is 755. The quantitative estimate of drug-likeness (QED) is 0.574. The largest absolute Gasteiger partial charge is 0.306 e. The monoisotopic (exact) mass is 375 g/mol. The molecule has 2 rings (SSSR count). The summed E-state index contributed by atoms with van der Waals surface area (Å²) >= 11 is 1.31. The van der Waals surface area contributed by atoms with E-state index in [2.05, 4.69) is 41.8 Å². The molecule has 0 aliphatic heterocycles. The maximum atomic E-state index is 12.0. The van der Waals surface area contributed by atoms with Gasteiger partial charge in [-0.15, -0.1) is 10.2 Å². The van der Waals surface area contributed by atoms with Crippen molar-refractivity contribution in [2.75, 3.05) is 5.75 Å². The summed E-state index contributed by atoms with van der Waals surface area (Å²) in [5, 5.41) is 9.13. The Labute approximate surface area is 157 Å². The molecule has 0 atom stereocenters. The Morgan fingerprint density at radius 1 is 1.15 bits per heavy atom. The molecule has 0 saturated carbocycles. The second-order valence-corrected chi connectivity index (χ2v) is 7.25. The van der Waals surface area contributed by atoms with E-state index in [0.717, 1.165) is 29.5 Å². The van der Waals surface area contributed by atoms with E-state index in [4.69, 9.17) is 0 Å². The molecule has 2 amide bonds. The van der Waals surface area contributed by atoms with Crippen LogP contribution in [-0.2, 0) is 11.3 Å². The summed E-state index contributed by atoms with van der Waals surface area (Å²) in [6.45, 7) is 8.99. The third-order valence-corrected chi connectivity index (χ3v) is 4.64. The Morgan fingerprint density at radius 3 is 2.46 bits per heavy atom. The number of thioether (sulfide) groups is 1. The van der Waals surface area contributed by atoms with Gasteiger partial charge >= 0.3 is 0 Å². The topological polar surface area (TPSA) is 88.9 Å². The zero-order valence-corrected chi connectivity index (χ0v) is 16.4. The molecule has 8 heteroatoms. The molecule has 0 aliphatic rings. The summed E-state index contributed by atoms with van der Waals surface area (Å²) in [5.41, 5.74) is 6.41. The van der Waals surface area contributed by atoms with Crippen molar-refractivity contribution in [1.82, 2.24) is 25.6 Å². The highest BCUT2D eigenvalue weighted by Gasteiger charge is 2.16. The number of hydrogen-bond acceptors (Lipinski definition) is 5. The van der Waals surface area contributed by atoms with E-state index >= 15 is 0 Å². The van der Waals surface area contributed by atoms with E-state index in [-0.39, 0.29) is 23.5 Å². The van der Waals surface area contributed by atoms with Crippen LogP contribution in [0.4, 0.5) is 0 Å². The highest BCUT2D eigenvalue weighted by atomic mass is 32.2. The summed E-state index contributed by atoms with van der Waals surface area (Å²) < 4.78 is 2.05. The average Bonchev–Trinajstić information content (AvgIpc) is 3.02. The summed E-state index contributed by atoms with van der Waals surface area (Å²) in [6.07, 6.45) is 0.962. The van der Waals surface area contributed by atoms with Gasteiger partial charge in [-0.1, -0.05) is 50.2 Å². The molecule has 0 radical (unpaired) electrons. The number of carbonyl (C=O) groups excluding carboxylic acids is 2. The van der Waals surface area contributed by atoms with Gasteiger partial charge in [0.1, 0.15) is 5.82 Å². The van der Waals surface area contributed by atoms with Crippen LogP contribution < -0.4 is 10.9 Å². The fourth-order valence-electron chi connectivity index (χ4n) is 2.34. The van der Waals surface area contributed by atoms with Crippen LogP contribution in [0.15, 0.2) is 29.4 Å². The first-order valence-electron chi connectivity index (χ1n) is 8.64. The van der Waals surface area contributed by atoms with Crippen molar-refractivity contribution in [3.8, 4) is 0 Å². The fraction of sp³-hybridized carbons (Fsp3) is 0.444. The van der Waals surface area contributed by atoms with E-state index in [0.29, 0.717) is 5.56 Å². The third-order valence-electron chi connectivity index (χ3n) is 3.67. The smallest absolute Gasteiger partial charge is 0.269 e. The fourth-order valence-corrected chi connectivity index (χ4v) is 3.11. The van der Waals surface area contributed by atoms with Crippen LogP contribution in [0.25, 0.3) is 0 Å². The molecule has 26 heavy (non-hydrogen) atoms. The molecule has 1 aromatic heterocycles. The van der Waals surface area contributed by atoms with Gasteiger partial charge in [0, 0.05) is 18.0 Å². The normalized spacial score (nSPS) is 10.8. The number of nitrogens with zero attached hydrogens (tertiary/aromatic N) is 3. The molecule has 2 aromatic rings. The van der Waals surface area contributed by atoms with Crippen molar-refractivity contribution < 1.29 is 9.59 Å². The molecule has 1 aromatic carbocycles. The number of aromatic nitrogens is 3. The van der Waals surface area contributed by atoms with E-state index in [1.807, 2.05) is 23.6 Å². The number of benzene rings is 1.